The predicted octanol–water partition coefficient (Wildman–Crippen LogP) is 2.15. The Morgan fingerprint density at radius 3 is 2.45 bits per heavy atom. The molecule has 0 unspecified atom stereocenters. The number of morpholine rings is 1. The molecule has 2 aliphatic rings. The van der Waals surface area contributed by atoms with E-state index in [-0.39, 0.29) is 22.4 Å². The van der Waals surface area contributed by atoms with Crippen LogP contribution in [0.15, 0.2) is 18.2 Å². The number of esters is 1. The molecule has 1 saturated carbocycles. The molecule has 1 aliphatic heterocycles. The minimum Gasteiger partial charge on any atom is -0.465 e. The van der Waals surface area contributed by atoms with E-state index in [4.69, 9.17) is 4.74 Å². The molecule has 0 bridgehead atoms. The van der Waals surface area contributed by atoms with Crippen LogP contribution in [0, 0.1) is 10.1 Å². The summed E-state index contributed by atoms with van der Waals surface area (Å²) in [6.07, 6.45) is 5.39. The van der Waals surface area contributed by atoms with Crippen molar-refractivity contribution in [2.24, 2.45) is 0 Å². The summed E-state index contributed by atoms with van der Waals surface area (Å²) in [7, 11) is 1.19. The monoisotopic (exact) mass is 405 g/mol. The van der Waals surface area contributed by atoms with Gasteiger partial charge in [0.2, 0.25) is 0 Å². The molecule has 9 heteroatoms. The molecule has 1 aliphatic carbocycles. The molecule has 1 aromatic carbocycles. The quantitative estimate of drug-likeness (QED) is 0.438. The number of ether oxygens (including phenoxy) is 2. The maximum Gasteiger partial charge on any atom is 0.338 e. The number of amides is 1. The fraction of sp³-hybridized carbons (Fsp3) is 0.600. The highest BCUT2D eigenvalue weighted by Gasteiger charge is 2.39. The minimum atomic E-state index is -0.722. The molecule has 9 nitrogen and oxygen atoms in total. The number of benzene rings is 1. The predicted molar refractivity (Wildman–Crippen MR) is 105 cm³/mol. The maximum absolute atomic E-state index is 12.8. The lowest BCUT2D eigenvalue weighted by atomic mass is 9.79. The first-order valence-corrected chi connectivity index (χ1v) is 9.94. The van der Waals surface area contributed by atoms with Gasteiger partial charge in [0.05, 0.1) is 30.8 Å². The third kappa shape index (κ3) is 4.91. The molecule has 1 heterocycles. The van der Waals surface area contributed by atoms with Gasteiger partial charge in [-0.15, -0.1) is 0 Å². The zero-order valence-electron chi connectivity index (χ0n) is 16.6. The van der Waals surface area contributed by atoms with Gasteiger partial charge in [0, 0.05) is 42.9 Å². The number of rotatable bonds is 6. The van der Waals surface area contributed by atoms with E-state index in [1.807, 2.05) is 0 Å². The molecule has 2 fully saturated rings. The van der Waals surface area contributed by atoms with Crippen molar-refractivity contribution in [1.29, 1.82) is 0 Å². The summed E-state index contributed by atoms with van der Waals surface area (Å²) in [5, 5.41) is 14.2. The number of nitro groups is 1. The van der Waals surface area contributed by atoms with Crippen LogP contribution in [0.25, 0.3) is 0 Å². The first-order chi connectivity index (χ1) is 13.9. The van der Waals surface area contributed by atoms with Gasteiger partial charge in [0.15, 0.2) is 0 Å². The Morgan fingerprint density at radius 1 is 1.17 bits per heavy atom. The molecule has 0 radical (unpaired) electrons. The highest BCUT2D eigenvalue weighted by Crippen LogP contribution is 2.34. The largest absolute Gasteiger partial charge is 0.465 e. The molecule has 1 amide bonds. The van der Waals surface area contributed by atoms with Crippen molar-refractivity contribution >= 4 is 17.6 Å². The number of nitrogens with one attached hydrogen (secondary N) is 1. The van der Waals surface area contributed by atoms with Crippen molar-refractivity contribution in [2.75, 3.05) is 40.0 Å². The summed E-state index contributed by atoms with van der Waals surface area (Å²) in [4.78, 5) is 37.6. The fourth-order valence-corrected chi connectivity index (χ4v) is 4.28. The zero-order valence-corrected chi connectivity index (χ0v) is 16.6. The highest BCUT2D eigenvalue weighted by molar-refractivity contribution is 5.99. The fourth-order valence-electron chi connectivity index (χ4n) is 4.28. The van der Waals surface area contributed by atoms with Crippen LogP contribution < -0.4 is 5.32 Å². The second-order valence-electron chi connectivity index (χ2n) is 7.58. The van der Waals surface area contributed by atoms with Crippen LogP contribution in [-0.4, -0.2) is 67.2 Å². The van der Waals surface area contributed by atoms with Gasteiger partial charge in [-0.05, 0) is 18.9 Å². The van der Waals surface area contributed by atoms with Crippen molar-refractivity contribution in [1.82, 2.24) is 10.2 Å². The number of nitrogens with zero attached hydrogens (tertiary/aromatic N) is 2. The standard InChI is InChI=1S/C20H27N3O6/c1-28-19(25)16-11-15(12-17(13-16)23(26)27)18(24)21-14-20(5-3-2-4-6-20)22-7-9-29-10-8-22/h11-13H,2-10,14H2,1H3,(H,21,24). The highest BCUT2D eigenvalue weighted by atomic mass is 16.6. The van der Waals surface area contributed by atoms with E-state index in [9.17, 15) is 19.7 Å². The van der Waals surface area contributed by atoms with Crippen molar-refractivity contribution in [3.05, 3.63) is 39.4 Å². The van der Waals surface area contributed by atoms with E-state index < -0.39 is 16.8 Å². The molecule has 3 rings (SSSR count). The molecule has 1 saturated heterocycles. The lowest BCUT2D eigenvalue weighted by Gasteiger charge is -2.48. The lowest BCUT2D eigenvalue weighted by molar-refractivity contribution is -0.384. The van der Waals surface area contributed by atoms with Crippen molar-refractivity contribution < 1.29 is 24.0 Å². The summed E-state index contributed by atoms with van der Waals surface area (Å²) in [5.74, 6) is -1.16. The van der Waals surface area contributed by atoms with Gasteiger partial charge in [-0.25, -0.2) is 4.79 Å². The Morgan fingerprint density at radius 2 is 1.83 bits per heavy atom. The summed E-state index contributed by atoms with van der Waals surface area (Å²) < 4.78 is 10.1. The summed E-state index contributed by atoms with van der Waals surface area (Å²) in [6, 6.07) is 3.62. The van der Waals surface area contributed by atoms with E-state index in [1.165, 1.54) is 25.7 Å². The molecule has 1 N–H and O–H groups in total. The second kappa shape index (κ2) is 9.32. The van der Waals surface area contributed by atoms with Crippen LogP contribution in [0.5, 0.6) is 0 Å². The Bertz CT molecular complexity index is 769. The van der Waals surface area contributed by atoms with Crippen LogP contribution >= 0.6 is 0 Å². The van der Waals surface area contributed by atoms with E-state index in [0.717, 1.165) is 44.8 Å². The van der Waals surface area contributed by atoms with Gasteiger partial charge < -0.3 is 14.8 Å². The average molecular weight is 405 g/mol. The van der Waals surface area contributed by atoms with Crippen LogP contribution in [0.4, 0.5) is 5.69 Å². The molecular weight excluding hydrogens is 378 g/mol. The third-order valence-electron chi connectivity index (χ3n) is 5.86. The van der Waals surface area contributed by atoms with Gasteiger partial charge in [-0.2, -0.15) is 0 Å². The molecule has 1 aromatic rings. The third-order valence-corrected chi connectivity index (χ3v) is 5.86. The Hall–Kier alpha value is -2.52. The maximum atomic E-state index is 12.8. The van der Waals surface area contributed by atoms with Gasteiger partial charge in [0.1, 0.15) is 0 Å². The molecule has 0 spiro atoms. The van der Waals surface area contributed by atoms with Gasteiger partial charge in [-0.1, -0.05) is 19.3 Å². The number of non-ortho nitro benzene ring substituents is 1. The minimum absolute atomic E-state index is 0.0209. The van der Waals surface area contributed by atoms with Crippen molar-refractivity contribution in [3.63, 3.8) is 0 Å². The van der Waals surface area contributed by atoms with Crippen LogP contribution in [0.3, 0.4) is 0 Å². The molecule has 0 aromatic heterocycles. The van der Waals surface area contributed by atoms with Crippen molar-refractivity contribution in [3.8, 4) is 0 Å². The van der Waals surface area contributed by atoms with Crippen LogP contribution in [-0.2, 0) is 9.47 Å². The molecule has 158 valence electrons. The van der Waals surface area contributed by atoms with Crippen molar-refractivity contribution in [2.45, 2.75) is 37.6 Å². The first kappa shape index (κ1) is 21.2. The number of nitro benzene ring substituents is 1. The summed E-state index contributed by atoms with van der Waals surface area (Å²) >= 11 is 0. The Balaban J connectivity index is 1.78. The summed E-state index contributed by atoms with van der Waals surface area (Å²) in [5.41, 5.74) is -0.387. The normalized spacial score (nSPS) is 19.3. The molecule has 0 atom stereocenters. The molecule has 29 heavy (non-hydrogen) atoms. The first-order valence-electron chi connectivity index (χ1n) is 9.94. The van der Waals surface area contributed by atoms with E-state index in [1.54, 1.807) is 0 Å². The van der Waals surface area contributed by atoms with Gasteiger partial charge >= 0.3 is 5.97 Å². The second-order valence-corrected chi connectivity index (χ2v) is 7.58. The average Bonchev–Trinajstić information content (AvgIpc) is 2.77. The Kier molecular flexibility index (Phi) is 6.81. The van der Waals surface area contributed by atoms with Crippen LogP contribution in [0.1, 0.15) is 52.8 Å². The smallest absolute Gasteiger partial charge is 0.338 e. The lowest BCUT2D eigenvalue weighted by Crippen LogP contribution is -2.59. The number of carbonyl (C=O) groups excluding carboxylic acids is 2. The zero-order chi connectivity index (χ0) is 20.9. The number of hydrogen-bond donors (Lipinski definition) is 1. The van der Waals surface area contributed by atoms with Gasteiger partial charge in [-0.3, -0.25) is 19.8 Å². The number of methoxy groups -OCH3 is 1. The van der Waals surface area contributed by atoms with E-state index in [2.05, 4.69) is 15.0 Å². The molecular formula is C20H27N3O6. The Labute approximate surface area is 169 Å². The summed E-state index contributed by atoms with van der Waals surface area (Å²) in [6.45, 7) is 3.49. The van der Waals surface area contributed by atoms with E-state index >= 15 is 0 Å². The topological polar surface area (TPSA) is 111 Å². The van der Waals surface area contributed by atoms with E-state index in [0.29, 0.717) is 19.8 Å². The number of hydrogen-bond acceptors (Lipinski definition) is 7. The van der Waals surface area contributed by atoms with Crippen LogP contribution in [0.2, 0.25) is 0 Å². The number of carbonyl (C=O) groups is 2. The SMILES string of the molecule is COC(=O)c1cc(C(=O)NCC2(N3CCOCC3)CCCCC2)cc([N+](=O)[O-])c1. The van der Waals surface area contributed by atoms with Gasteiger partial charge in [0.25, 0.3) is 11.6 Å².